The van der Waals surface area contributed by atoms with Crippen molar-refractivity contribution in [1.82, 2.24) is 0 Å². The van der Waals surface area contributed by atoms with Gasteiger partial charge in [-0.15, -0.1) is 0 Å². The maximum Gasteiger partial charge on any atom is 0.170 e. The van der Waals surface area contributed by atoms with Crippen molar-refractivity contribution < 1.29 is 18.7 Å². The first kappa shape index (κ1) is 13.4. The summed E-state index contributed by atoms with van der Waals surface area (Å²) in [6.45, 7) is 0. The van der Waals surface area contributed by atoms with Crippen LogP contribution in [0.5, 0.6) is 0 Å². The van der Waals surface area contributed by atoms with E-state index in [4.69, 9.17) is 0 Å². The lowest BCUT2D eigenvalue weighted by Crippen LogP contribution is -2.15. The fourth-order valence-electron chi connectivity index (χ4n) is 1.79. The van der Waals surface area contributed by atoms with Crippen molar-refractivity contribution in [3.8, 4) is 0 Å². The van der Waals surface area contributed by atoms with E-state index in [9.17, 15) is 18.7 Å². The molecule has 0 radical (unpaired) electrons. The number of carbonyl (C=O) groups is 1. The molecule has 0 saturated heterocycles. The number of hydrogen-bond acceptors (Lipinski definition) is 2. The molecule has 2 aromatic rings. The number of hydrogen-bond donors (Lipinski definition) is 1. The average molecular weight is 262 g/mol. The molecular weight excluding hydrogens is 250 g/mol. The maximum absolute atomic E-state index is 13.4. The number of rotatable bonds is 4. The molecule has 2 nitrogen and oxygen atoms in total. The molecule has 1 unspecified atom stereocenters. The van der Waals surface area contributed by atoms with Crippen LogP contribution in [0.2, 0.25) is 0 Å². The number of Topliss-reactive ketones (excluding diaryl/α,β-unsaturated/α-hetero) is 1. The summed E-state index contributed by atoms with van der Waals surface area (Å²) in [4.78, 5) is 11.8. The van der Waals surface area contributed by atoms with Crippen LogP contribution in [0.15, 0.2) is 48.5 Å². The van der Waals surface area contributed by atoms with Gasteiger partial charge < -0.3 is 5.11 Å². The first-order chi connectivity index (χ1) is 9.09. The maximum atomic E-state index is 13.4. The van der Waals surface area contributed by atoms with Gasteiger partial charge in [-0.3, -0.25) is 4.79 Å². The van der Waals surface area contributed by atoms with Crippen molar-refractivity contribution >= 4 is 5.78 Å². The second-order valence-electron chi connectivity index (χ2n) is 4.17. The van der Waals surface area contributed by atoms with Crippen LogP contribution in [0.4, 0.5) is 8.78 Å². The largest absolute Gasteiger partial charge is 0.381 e. The van der Waals surface area contributed by atoms with Gasteiger partial charge in [0, 0.05) is 6.42 Å². The standard InChI is InChI=1S/C15H12F2O2/c16-12-8-4-7-11(14(12)17)9-13(18)15(19)10-5-2-1-3-6-10/h1-8,15,19H,9H2. The van der Waals surface area contributed by atoms with E-state index < -0.39 is 23.5 Å². The fraction of sp³-hybridized carbons (Fsp3) is 0.133. The summed E-state index contributed by atoms with van der Waals surface area (Å²) < 4.78 is 26.4. The molecule has 4 heteroatoms. The highest BCUT2D eigenvalue weighted by atomic mass is 19.2. The lowest BCUT2D eigenvalue weighted by Gasteiger charge is -2.10. The van der Waals surface area contributed by atoms with Crippen molar-refractivity contribution in [3.63, 3.8) is 0 Å². The van der Waals surface area contributed by atoms with Crippen molar-refractivity contribution in [2.24, 2.45) is 0 Å². The Morgan fingerprint density at radius 2 is 1.74 bits per heavy atom. The predicted molar refractivity (Wildman–Crippen MR) is 66.5 cm³/mol. The second-order valence-corrected chi connectivity index (χ2v) is 4.17. The monoisotopic (exact) mass is 262 g/mol. The summed E-state index contributed by atoms with van der Waals surface area (Å²) in [6.07, 6.45) is -1.68. The van der Waals surface area contributed by atoms with Gasteiger partial charge in [-0.05, 0) is 17.2 Å². The van der Waals surface area contributed by atoms with Gasteiger partial charge in [-0.1, -0.05) is 42.5 Å². The van der Waals surface area contributed by atoms with Gasteiger partial charge in [-0.2, -0.15) is 0 Å². The molecule has 0 aliphatic carbocycles. The quantitative estimate of drug-likeness (QED) is 0.920. The van der Waals surface area contributed by atoms with Gasteiger partial charge in [0.2, 0.25) is 0 Å². The number of benzene rings is 2. The first-order valence-corrected chi connectivity index (χ1v) is 5.78. The average Bonchev–Trinajstić information content (AvgIpc) is 2.44. The molecule has 0 heterocycles. The minimum Gasteiger partial charge on any atom is -0.381 e. The third-order valence-electron chi connectivity index (χ3n) is 2.82. The van der Waals surface area contributed by atoms with Gasteiger partial charge in [0.1, 0.15) is 6.10 Å². The predicted octanol–water partition coefficient (Wildman–Crippen LogP) is 2.81. The Labute approximate surface area is 109 Å². The van der Waals surface area contributed by atoms with Gasteiger partial charge in [0.15, 0.2) is 17.4 Å². The summed E-state index contributed by atoms with van der Waals surface area (Å²) >= 11 is 0. The van der Waals surface area contributed by atoms with Crippen LogP contribution < -0.4 is 0 Å². The van der Waals surface area contributed by atoms with E-state index >= 15 is 0 Å². The summed E-state index contributed by atoms with van der Waals surface area (Å²) in [5.74, 6) is -2.62. The number of ketones is 1. The Morgan fingerprint density at radius 1 is 1.05 bits per heavy atom. The third kappa shape index (κ3) is 3.03. The highest BCUT2D eigenvalue weighted by molar-refractivity contribution is 5.86. The summed E-state index contributed by atoms with van der Waals surface area (Å²) in [5.41, 5.74) is 0.379. The van der Waals surface area contributed by atoms with E-state index in [1.54, 1.807) is 30.3 Å². The smallest absolute Gasteiger partial charge is 0.170 e. The third-order valence-corrected chi connectivity index (χ3v) is 2.82. The SMILES string of the molecule is O=C(Cc1cccc(F)c1F)C(O)c1ccccc1. The van der Waals surface area contributed by atoms with Crippen LogP contribution in [0, 0.1) is 11.6 Å². The van der Waals surface area contributed by atoms with Crippen molar-refractivity contribution in [2.45, 2.75) is 12.5 Å². The lowest BCUT2D eigenvalue weighted by molar-refractivity contribution is -0.126. The van der Waals surface area contributed by atoms with Crippen molar-refractivity contribution in [2.75, 3.05) is 0 Å². The molecule has 98 valence electrons. The highest BCUT2D eigenvalue weighted by Gasteiger charge is 2.19. The van der Waals surface area contributed by atoms with E-state index in [2.05, 4.69) is 0 Å². The fourth-order valence-corrected chi connectivity index (χ4v) is 1.79. The van der Waals surface area contributed by atoms with Crippen LogP contribution in [0.3, 0.4) is 0 Å². The van der Waals surface area contributed by atoms with Crippen LogP contribution in [0.1, 0.15) is 17.2 Å². The summed E-state index contributed by atoms with van der Waals surface area (Å²) in [7, 11) is 0. The summed E-state index contributed by atoms with van der Waals surface area (Å²) in [5, 5.41) is 9.84. The van der Waals surface area contributed by atoms with Crippen LogP contribution in [0.25, 0.3) is 0 Å². The highest BCUT2D eigenvalue weighted by Crippen LogP contribution is 2.18. The summed E-state index contributed by atoms with van der Waals surface area (Å²) in [6, 6.07) is 12.0. The molecule has 0 aliphatic rings. The molecule has 1 atom stereocenters. The minimum atomic E-state index is -1.33. The molecule has 0 fully saturated rings. The molecule has 0 bridgehead atoms. The van der Waals surface area contributed by atoms with E-state index in [0.29, 0.717) is 5.56 Å². The topological polar surface area (TPSA) is 37.3 Å². The van der Waals surface area contributed by atoms with Gasteiger partial charge in [0.05, 0.1) is 0 Å². The Balaban J connectivity index is 2.15. The normalized spacial score (nSPS) is 12.2. The molecule has 1 N–H and O–H groups in total. The minimum absolute atomic E-state index is 0.0556. The van der Waals surface area contributed by atoms with Crippen LogP contribution in [-0.4, -0.2) is 10.9 Å². The van der Waals surface area contributed by atoms with Gasteiger partial charge >= 0.3 is 0 Å². The molecule has 0 amide bonds. The number of aliphatic hydroxyl groups excluding tert-OH is 1. The van der Waals surface area contributed by atoms with Crippen LogP contribution >= 0.6 is 0 Å². The van der Waals surface area contributed by atoms with Gasteiger partial charge in [-0.25, -0.2) is 8.78 Å². The zero-order valence-electron chi connectivity index (χ0n) is 10.0. The molecule has 0 aliphatic heterocycles. The number of halogens is 2. The number of aliphatic hydroxyl groups is 1. The van der Waals surface area contributed by atoms with Crippen molar-refractivity contribution in [3.05, 3.63) is 71.3 Å². The van der Waals surface area contributed by atoms with E-state index in [-0.39, 0.29) is 12.0 Å². The zero-order chi connectivity index (χ0) is 13.8. The Bertz CT molecular complexity index is 582. The molecule has 0 spiro atoms. The van der Waals surface area contributed by atoms with Crippen molar-refractivity contribution in [1.29, 1.82) is 0 Å². The Hall–Kier alpha value is -2.07. The molecule has 2 aromatic carbocycles. The Morgan fingerprint density at radius 3 is 2.42 bits per heavy atom. The molecule has 0 saturated carbocycles. The molecule has 2 rings (SSSR count). The lowest BCUT2D eigenvalue weighted by atomic mass is 10.00. The Kier molecular flexibility index (Phi) is 4.02. The van der Waals surface area contributed by atoms with E-state index in [1.807, 2.05) is 0 Å². The van der Waals surface area contributed by atoms with Crippen LogP contribution in [-0.2, 0) is 11.2 Å². The zero-order valence-corrected chi connectivity index (χ0v) is 10.0. The molecule has 19 heavy (non-hydrogen) atoms. The van der Waals surface area contributed by atoms with Gasteiger partial charge in [0.25, 0.3) is 0 Å². The molecule has 0 aromatic heterocycles. The van der Waals surface area contributed by atoms with E-state index in [0.717, 1.165) is 6.07 Å². The first-order valence-electron chi connectivity index (χ1n) is 5.78. The molecular formula is C15H12F2O2. The second kappa shape index (κ2) is 5.71. The van der Waals surface area contributed by atoms with E-state index in [1.165, 1.54) is 12.1 Å². The number of carbonyl (C=O) groups excluding carboxylic acids is 1.